The van der Waals surface area contributed by atoms with Crippen molar-refractivity contribution in [3.05, 3.63) is 0 Å². The van der Waals surface area contributed by atoms with Gasteiger partial charge >= 0.3 is 0 Å². The molecule has 18 heavy (non-hydrogen) atoms. The van der Waals surface area contributed by atoms with Crippen LogP contribution in [0.3, 0.4) is 0 Å². The number of hydrogen-bond donors (Lipinski definition) is 0. The van der Waals surface area contributed by atoms with Gasteiger partial charge in [0.25, 0.3) is 0 Å². The summed E-state index contributed by atoms with van der Waals surface area (Å²) in [5, 5.41) is 1.69. The average molecular weight is 368 g/mol. The van der Waals surface area contributed by atoms with Crippen LogP contribution in [0.5, 0.6) is 0 Å². The molecule has 0 bridgehead atoms. The molecule has 0 spiro atoms. The van der Waals surface area contributed by atoms with Gasteiger partial charge in [0.05, 0.1) is 33.6 Å². The van der Waals surface area contributed by atoms with E-state index in [2.05, 4.69) is 21.1 Å². The van der Waals surface area contributed by atoms with Crippen molar-refractivity contribution in [2.45, 2.75) is 50.7 Å². The predicted molar refractivity (Wildman–Crippen MR) is 66.1 cm³/mol. The third kappa shape index (κ3) is 4.35. The molecule has 4 nitrogen and oxygen atoms in total. The molecule has 1 heterocycles. The molecular weight excluding hydrogens is 343 g/mol. The van der Waals surface area contributed by atoms with Crippen LogP contribution in [-0.4, -0.2) is 55.3 Å². The Bertz CT molecular complexity index is 285. The Balaban J connectivity index is 0.00000162. The molecule has 0 radical (unpaired) electrons. The van der Waals surface area contributed by atoms with Crippen molar-refractivity contribution < 1.29 is 38.1 Å². The Hall–Kier alpha value is 0.120. The molecule has 0 N–H and O–H groups in total. The fraction of sp³-hybridized carbons (Fsp3) is 0.923. The van der Waals surface area contributed by atoms with Gasteiger partial charge in [-0.1, -0.05) is 19.3 Å². The summed E-state index contributed by atoms with van der Waals surface area (Å²) in [6, 6.07) is 0.341. The number of hydroxylamine groups is 2. The summed E-state index contributed by atoms with van der Waals surface area (Å²) in [6.45, 7) is 0.898. The molecule has 106 valence electrons. The smallest absolute Gasteiger partial charge is 0.249 e. The van der Waals surface area contributed by atoms with Crippen LogP contribution < -0.4 is 24.0 Å². The summed E-state index contributed by atoms with van der Waals surface area (Å²) in [5.74, 6) is 0.190. The van der Waals surface area contributed by atoms with E-state index in [0.29, 0.717) is 12.5 Å². The van der Waals surface area contributed by atoms with Crippen molar-refractivity contribution in [3.63, 3.8) is 0 Å². The molecule has 0 unspecified atom stereocenters. The number of rotatable bonds is 3. The number of carbonyl (C=O) groups excluding carboxylic acids is 1. The Morgan fingerprint density at radius 2 is 1.83 bits per heavy atom. The van der Waals surface area contributed by atoms with Gasteiger partial charge in [-0.2, -0.15) is 0 Å². The van der Waals surface area contributed by atoms with Crippen LogP contribution in [0.25, 0.3) is 0 Å². The average Bonchev–Trinajstić information content (AvgIpc) is 2.58. The van der Waals surface area contributed by atoms with E-state index in [1.165, 1.54) is 19.3 Å². The first-order chi connectivity index (χ1) is 7.96. The molecule has 0 aromatic rings. The van der Waals surface area contributed by atoms with Gasteiger partial charge in [0.2, 0.25) is 5.91 Å². The van der Waals surface area contributed by atoms with Crippen molar-refractivity contribution in [2.24, 2.45) is 0 Å². The van der Waals surface area contributed by atoms with Crippen LogP contribution in [0.4, 0.5) is 0 Å². The van der Waals surface area contributed by atoms with Gasteiger partial charge in [0.15, 0.2) is 0 Å². The van der Waals surface area contributed by atoms with E-state index in [0.717, 1.165) is 23.9 Å². The number of carbonyl (C=O) groups is 1. The zero-order valence-electron chi connectivity index (χ0n) is 11.7. The minimum absolute atomic E-state index is 0. The van der Waals surface area contributed by atoms with E-state index in [4.69, 9.17) is 4.84 Å². The van der Waals surface area contributed by atoms with Crippen LogP contribution in [0.15, 0.2) is 0 Å². The van der Waals surface area contributed by atoms with Crippen molar-refractivity contribution in [1.29, 1.82) is 0 Å². The van der Waals surface area contributed by atoms with E-state index < -0.39 is 0 Å². The molecule has 1 aliphatic heterocycles. The highest BCUT2D eigenvalue weighted by Gasteiger charge is 2.38. The van der Waals surface area contributed by atoms with Crippen LogP contribution in [0, 0.1) is 0 Å². The summed E-state index contributed by atoms with van der Waals surface area (Å²) in [7, 11) is 6.41. The maximum absolute atomic E-state index is 12.0. The second kappa shape index (κ2) is 6.52. The summed E-state index contributed by atoms with van der Waals surface area (Å²) in [4.78, 5) is 17.8. The molecular formula is C13H25IN2O2. The fourth-order valence-electron chi connectivity index (χ4n) is 2.86. The number of quaternary nitrogens is 1. The first-order valence-electron chi connectivity index (χ1n) is 6.75. The van der Waals surface area contributed by atoms with Crippen molar-refractivity contribution in [3.8, 4) is 0 Å². The SMILES string of the molecule is C[N+](C)(C)C[C@@H]1CC(=O)N(C2CCCCC2)O1.[I-]. The van der Waals surface area contributed by atoms with Gasteiger partial charge in [-0.15, -0.1) is 0 Å². The molecule has 1 aliphatic carbocycles. The molecule has 1 saturated heterocycles. The van der Waals surface area contributed by atoms with Gasteiger partial charge < -0.3 is 28.5 Å². The Morgan fingerprint density at radius 1 is 1.22 bits per heavy atom. The third-order valence-corrected chi connectivity index (χ3v) is 3.57. The van der Waals surface area contributed by atoms with Crippen LogP contribution in [-0.2, 0) is 9.63 Å². The highest BCUT2D eigenvalue weighted by atomic mass is 127. The molecule has 2 fully saturated rings. The summed E-state index contributed by atoms with van der Waals surface area (Å²) in [5.41, 5.74) is 0. The zero-order valence-corrected chi connectivity index (χ0v) is 13.9. The first kappa shape index (κ1) is 16.2. The van der Waals surface area contributed by atoms with Gasteiger partial charge in [-0.3, -0.25) is 9.63 Å². The highest BCUT2D eigenvalue weighted by molar-refractivity contribution is 5.77. The minimum Gasteiger partial charge on any atom is -1.00 e. The number of hydrogen-bond acceptors (Lipinski definition) is 2. The lowest BCUT2D eigenvalue weighted by Crippen LogP contribution is -3.00. The summed E-state index contributed by atoms with van der Waals surface area (Å²) < 4.78 is 0.844. The number of nitrogens with zero attached hydrogens (tertiary/aromatic N) is 2. The maximum Gasteiger partial charge on any atom is 0.249 e. The molecule has 2 aliphatic rings. The van der Waals surface area contributed by atoms with Gasteiger partial charge in [-0.25, -0.2) is 5.06 Å². The van der Waals surface area contributed by atoms with Crippen molar-refractivity contribution in [2.75, 3.05) is 27.7 Å². The molecule has 1 amide bonds. The van der Waals surface area contributed by atoms with Crippen molar-refractivity contribution >= 4 is 5.91 Å². The monoisotopic (exact) mass is 368 g/mol. The lowest BCUT2D eigenvalue weighted by Gasteiger charge is -2.31. The molecule has 0 aromatic heterocycles. The maximum atomic E-state index is 12.0. The molecule has 1 atom stereocenters. The number of halogens is 1. The fourth-order valence-corrected chi connectivity index (χ4v) is 2.86. The number of likely N-dealkylation sites (N-methyl/N-ethyl adjacent to an activating group) is 1. The van der Waals surface area contributed by atoms with Crippen LogP contribution >= 0.6 is 0 Å². The lowest BCUT2D eigenvalue weighted by molar-refractivity contribution is -0.873. The van der Waals surface area contributed by atoms with E-state index in [1.54, 1.807) is 5.06 Å². The van der Waals surface area contributed by atoms with Gasteiger partial charge in [0, 0.05) is 0 Å². The quantitative estimate of drug-likeness (QED) is 0.451. The van der Waals surface area contributed by atoms with Gasteiger partial charge in [-0.05, 0) is 12.8 Å². The van der Waals surface area contributed by atoms with E-state index in [9.17, 15) is 4.79 Å². The summed E-state index contributed by atoms with van der Waals surface area (Å²) >= 11 is 0. The third-order valence-electron chi connectivity index (χ3n) is 3.57. The van der Waals surface area contributed by atoms with Crippen LogP contribution in [0.1, 0.15) is 38.5 Å². The topological polar surface area (TPSA) is 29.5 Å². The molecule has 0 aromatic carbocycles. The van der Waals surface area contributed by atoms with E-state index in [1.807, 2.05) is 0 Å². The van der Waals surface area contributed by atoms with E-state index in [-0.39, 0.29) is 36.0 Å². The predicted octanol–water partition coefficient (Wildman–Crippen LogP) is -1.44. The van der Waals surface area contributed by atoms with Gasteiger partial charge in [0.1, 0.15) is 12.6 Å². The van der Waals surface area contributed by atoms with E-state index >= 15 is 0 Å². The molecule has 1 saturated carbocycles. The standard InChI is InChI=1S/C13H25N2O2.HI/c1-15(2,3)10-12-9-13(16)14(17-12)11-7-5-4-6-8-11;/h11-12H,4-10H2,1-3H3;1H/q+1;/p-1/t12-;/m0./s1. The highest BCUT2D eigenvalue weighted by Crippen LogP contribution is 2.28. The zero-order chi connectivity index (χ0) is 12.5. The Morgan fingerprint density at radius 3 is 2.39 bits per heavy atom. The lowest BCUT2D eigenvalue weighted by atomic mass is 9.95. The normalized spacial score (nSPS) is 26.3. The number of amides is 1. The second-order valence-corrected chi connectivity index (χ2v) is 6.42. The van der Waals surface area contributed by atoms with Crippen molar-refractivity contribution in [1.82, 2.24) is 5.06 Å². The second-order valence-electron chi connectivity index (χ2n) is 6.42. The Kier molecular flexibility index (Phi) is 5.86. The Labute approximate surface area is 127 Å². The molecule has 5 heteroatoms. The minimum atomic E-state index is 0. The van der Waals surface area contributed by atoms with Crippen LogP contribution in [0.2, 0.25) is 0 Å². The first-order valence-corrected chi connectivity index (χ1v) is 6.75. The largest absolute Gasteiger partial charge is 1.00 e. The molecule has 2 rings (SSSR count). The summed E-state index contributed by atoms with van der Waals surface area (Å²) in [6.07, 6.45) is 6.64.